The number of hydrogen-bond donors (Lipinski definition) is 0. The fraction of sp³-hybridized carbons (Fsp3) is 0.200. The molecule has 0 amide bonds. The summed E-state index contributed by atoms with van der Waals surface area (Å²) in [4.78, 5) is 22.4. The lowest BCUT2D eigenvalue weighted by atomic mass is 10.0. The van der Waals surface area contributed by atoms with Crippen molar-refractivity contribution in [3.05, 3.63) is 41.5 Å². The van der Waals surface area contributed by atoms with Crippen LogP contribution in [-0.4, -0.2) is 19.0 Å². The molecule has 0 aliphatic heterocycles. The second-order valence-electron chi connectivity index (χ2n) is 4.26. The first-order valence-corrected chi connectivity index (χ1v) is 5.82. The number of ether oxygens (including phenoxy) is 2. The van der Waals surface area contributed by atoms with Crippen LogP contribution in [0.3, 0.4) is 0 Å². The van der Waals surface area contributed by atoms with E-state index in [-0.39, 0.29) is 11.9 Å². The molecule has 2 aromatic rings. The maximum absolute atomic E-state index is 11.5. The van der Waals surface area contributed by atoms with Gasteiger partial charge in [-0.15, -0.1) is 0 Å². The third-order valence-electron chi connectivity index (χ3n) is 2.82. The molecule has 0 unspecified atom stereocenters. The van der Waals surface area contributed by atoms with E-state index in [4.69, 9.17) is 9.47 Å². The number of carbonyl (C=O) groups excluding carboxylic acids is 2. The first-order valence-electron chi connectivity index (χ1n) is 5.82. The van der Waals surface area contributed by atoms with Gasteiger partial charge in [-0.1, -0.05) is 6.07 Å². The molecule has 0 aliphatic carbocycles. The van der Waals surface area contributed by atoms with E-state index in [9.17, 15) is 9.59 Å². The number of methoxy groups -OCH3 is 1. The fourth-order valence-corrected chi connectivity index (χ4v) is 1.98. The van der Waals surface area contributed by atoms with E-state index in [0.717, 1.165) is 16.3 Å². The van der Waals surface area contributed by atoms with Crippen LogP contribution in [0.25, 0.3) is 10.8 Å². The zero-order valence-corrected chi connectivity index (χ0v) is 11.0. The number of aryl methyl sites for hydroxylation is 1. The second kappa shape index (κ2) is 5.10. The Balaban J connectivity index is 2.53. The van der Waals surface area contributed by atoms with Gasteiger partial charge in [-0.25, -0.2) is 4.79 Å². The van der Waals surface area contributed by atoms with Crippen LogP contribution in [-0.2, 0) is 9.53 Å². The summed E-state index contributed by atoms with van der Waals surface area (Å²) in [7, 11) is 1.35. The molecule has 4 nitrogen and oxygen atoms in total. The van der Waals surface area contributed by atoms with Crippen LogP contribution < -0.4 is 4.74 Å². The van der Waals surface area contributed by atoms with Crippen molar-refractivity contribution < 1.29 is 19.1 Å². The van der Waals surface area contributed by atoms with Crippen molar-refractivity contribution >= 4 is 22.7 Å². The van der Waals surface area contributed by atoms with Gasteiger partial charge in [0.05, 0.1) is 12.7 Å². The van der Waals surface area contributed by atoms with Gasteiger partial charge in [0, 0.05) is 6.92 Å². The van der Waals surface area contributed by atoms with Crippen molar-refractivity contribution in [3.63, 3.8) is 0 Å². The summed E-state index contributed by atoms with van der Waals surface area (Å²) in [6.45, 7) is 3.26. The van der Waals surface area contributed by atoms with Crippen LogP contribution in [0.5, 0.6) is 5.75 Å². The van der Waals surface area contributed by atoms with Crippen LogP contribution >= 0.6 is 0 Å². The van der Waals surface area contributed by atoms with E-state index < -0.39 is 0 Å². The molecular formula is C15H14O4. The molecule has 0 heterocycles. The van der Waals surface area contributed by atoms with Gasteiger partial charge < -0.3 is 9.47 Å². The van der Waals surface area contributed by atoms with Crippen molar-refractivity contribution in [2.45, 2.75) is 13.8 Å². The summed E-state index contributed by atoms with van der Waals surface area (Å²) in [5.74, 6) is -0.224. The number of hydrogen-bond acceptors (Lipinski definition) is 4. The average molecular weight is 258 g/mol. The molecule has 0 fully saturated rings. The zero-order chi connectivity index (χ0) is 14.0. The highest BCUT2D eigenvalue weighted by Crippen LogP contribution is 2.26. The number of rotatable bonds is 2. The van der Waals surface area contributed by atoms with E-state index in [0.29, 0.717) is 11.3 Å². The number of fused-ring (bicyclic) bond motifs is 1. The standard InChI is InChI=1S/C15H14O4/c1-9-6-13(19-10(2)16)7-11-4-5-12(8-14(9)11)15(17)18-3/h4-8H,1-3H3. The zero-order valence-electron chi connectivity index (χ0n) is 11.0. The van der Waals surface area contributed by atoms with Crippen molar-refractivity contribution in [2.75, 3.05) is 7.11 Å². The fourth-order valence-electron chi connectivity index (χ4n) is 1.98. The molecule has 4 heteroatoms. The van der Waals surface area contributed by atoms with Gasteiger partial charge >= 0.3 is 11.9 Å². The second-order valence-corrected chi connectivity index (χ2v) is 4.26. The lowest BCUT2D eigenvalue weighted by Gasteiger charge is -2.08. The van der Waals surface area contributed by atoms with Crippen LogP contribution in [0.4, 0.5) is 0 Å². The average Bonchev–Trinajstić information content (AvgIpc) is 2.36. The molecule has 98 valence electrons. The molecule has 0 saturated heterocycles. The largest absolute Gasteiger partial charge is 0.465 e. The lowest BCUT2D eigenvalue weighted by Crippen LogP contribution is -2.02. The Hall–Kier alpha value is -2.36. The maximum atomic E-state index is 11.5. The quantitative estimate of drug-likeness (QED) is 0.614. The first kappa shape index (κ1) is 13.1. The van der Waals surface area contributed by atoms with Gasteiger partial charge in [0.25, 0.3) is 0 Å². The minimum atomic E-state index is -0.370. The van der Waals surface area contributed by atoms with Crippen molar-refractivity contribution in [3.8, 4) is 5.75 Å². The minimum absolute atomic E-state index is 0.357. The van der Waals surface area contributed by atoms with Gasteiger partial charge in [-0.2, -0.15) is 0 Å². The Bertz CT molecular complexity index is 658. The summed E-state index contributed by atoms with van der Waals surface area (Å²) in [5, 5.41) is 1.84. The number of esters is 2. The smallest absolute Gasteiger partial charge is 0.337 e. The van der Waals surface area contributed by atoms with Crippen LogP contribution in [0.2, 0.25) is 0 Å². The summed E-state index contributed by atoms with van der Waals surface area (Å²) >= 11 is 0. The molecule has 19 heavy (non-hydrogen) atoms. The molecule has 2 aromatic carbocycles. The predicted molar refractivity (Wildman–Crippen MR) is 71.3 cm³/mol. The van der Waals surface area contributed by atoms with Crippen molar-refractivity contribution in [2.24, 2.45) is 0 Å². The highest BCUT2D eigenvalue weighted by Gasteiger charge is 2.09. The Morgan fingerprint density at radius 1 is 1.11 bits per heavy atom. The van der Waals surface area contributed by atoms with E-state index in [2.05, 4.69) is 0 Å². The van der Waals surface area contributed by atoms with Crippen LogP contribution in [0.15, 0.2) is 30.3 Å². The third kappa shape index (κ3) is 2.73. The van der Waals surface area contributed by atoms with E-state index in [1.54, 1.807) is 24.3 Å². The summed E-state index contributed by atoms with van der Waals surface area (Å²) < 4.78 is 9.76. The number of carbonyl (C=O) groups is 2. The molecule has 0 saturated carbocycles. The minimum Gasteiger partial charge on any atom is -0.465 e. The van der Waals surface area contributed by atoms with E-state index >= 15 is 0 Å². The molecule has 0 bridgehead atoms. The molecule has 2 rings (SSSR count). The normalized spacial score (nSPS) is 10.3. The third-order valence-corrected chi connectivity index (χ3v) is 2.82. The molecule has 0 atom stereocenters. The molecular weight excluding hydrogens is 244 g/mol. The molecule has 0 aromatic heterocycles. The van der Waals surface area contributed by atoms with Crippen LogP contribution in [0, 0.1) is 6.92 Å². The topological polar surface area (TPSA) is 52.6 Å². The monoisotopic (exact) mass is 258 g/mol. The van der Waals surface area contributed by atoms with Crippen LogP contribution in [0.1, 0.15) is 22.8 Å². The first-order chi connectivity index (χ1) is 9.01. The summed E-state index contributed by atoms with van der Waals surface area (Å²) in [5.41, 5.74) is 1.43. The molecule has 0 spiro atoms. The van der Waals surface area contributed by atoms with E-state index in [1.807, 2.05) is 13.0 Å². The molecule has 0 N–H and O–H groups in total. The van der Waals surface area contributed by atoms with E-state index in [1.165, 1.54) is 14.0 Å². The lowest BCUT2D eigenvalue weighted by molar-refractivity contribution is -0.131. The molecule has 0 aliphatic rings. The van der Waals surface area contributed by atoms with Crippen molar-refractivity contribution in [1.82, 2.24) is 0 Å². The highest BCUT2D eigenvalue weighted by atomic mass is 16.5. The Morgan fingerprint density at radius 2 is 1.84 bits per heavy atom. The Labute approximate surface area is 110 Å². The summed E-state index contributed by atoms with van der Waals surface area (Å²) in [6, 6.07) is 8.80. The van der Waals surface area contributed by atoms with Gasteiger partial charge in [-0.05, 0) is 47.5 Å². The van der Waals surface area contributed by atoms with Crippen molar-refractivity contribution in [1.29, 1.82) is 0 Å². The predicted octanol–water partition coefficient (Wildman–Crippen LogP) is 2.86. The molecule has 0 radical (unpaired) electrons. The SMILES string of the molecule is COC(=O)c1ccc2cc(OC(C)=O)cc(C)c2c1. The van der Waals surface area contributed by atoms with Gasteiger partial charge in [0.2, 0.25) is 0 Å². The highest BCUT2D eigenvalue weighted by molar-refractivity contribution is 5.97. The van der Waals surface area contributed by atoms with Gasteiger partial charge in [0.1, 0.15) is 5.75 Å². The Kier molecular flexibility index (Phi) is 3.51. The maximum Gasteiger partial charge on any atom is 0.337 e. The van der Waals surface area contributed by atoms with Gasteiger partial charge in [0.15, 0.2) is 0 Å². The summed E-state index contributed by atoms with van der Waals surface area (Å²) in [6.07, 6.45) is 0. The van der Waals surface area contributed by atoms with Gasteiger partial charge in [-0.3, -0.25) is 4.79 Å². The Morgan fingerprint density at radius 3 is 2.47 bits per heavy atom. The number of benzene rings is 2.